The summed E-state index contributed by atoms with van der Waals surface area (Å²) in [5, 5.41) is 14.8. The van der Waals surface area contributed by atoms with E-state index in [2.05, 4.69) is 15.9 Å². The van der Waals surface area contributed by atoms with Crippen molar-refractivity contribution < 1.29 is 13.5 Å². The standard InChI is InChI=1S/C8H8BrNO3S/c9-7-3-6(4-8(11)5-7)1-2-14(10,12)13/h1-5,11H,(H2,10,12,13). The molecule has 1 aromatic carbocycles. The van der Waals surface area contributed by atoms with Gasteiger partial charge in [0.05, 0.1) is 0 Å². The summed E-state index contributed by atoms with van der Waals surface area (Å²) >= 11 is 3.16. The molecule has 14 heavy (non-hydrogen) atoms. The quantitative estimate of drug-likeness (QED) is 0.858. The molecule has 0 saturated heterocycles. The largest absolute Gasteiger partial charge is 0.508 e. The Morgan fingerprint density at radius 2 is 2.00 bits per heavy atom. The van der Waals surface area contributed by atoms with E-state index in [0.29, 0.717) is 10.0 Å². The average molecular weight is 278 g/mol. The Hall–Kier alpha value is -0.850. The maximum absolute atomic E-state index is 10.6. The minimum Gasteiger partial charge on any atom is -0.508 e. The van der Waals surface area contributed by atoms with Crippen LogP contribution >= 0.6 is 15.9 Å². The summed E-state index contributed by atoms with van der Waals surface area (Å²) in [5.41, 5.74) is 0.547. The lowest BCUT2D eigenvalue weighted by molar-refractivity contribution is 0.475. The van der Waals surface area contributed by atoms with E-state index >= 15 is 0 Å². The van der Waals surface area contributed by atoms with Crippen molar-refractivity contribution in [1.29, 1.82) is 0 Å². The van der Waals surface area contributed by atoms with Crippen molar-refractivity contribution in [2.24, 2.45) is 5.14 Å². The molecule has 0 bridgehead atoms. The zero-order valence-corrected chi connectivity index (χ0v) is 9.42. The Balaban J connectivity index is 3.04. The Labute approximate surface area is 90.2 Å². The van der Waals surface area contributed by atoms with Gasteiger partial charge < -0.3 is 5.11 Å². The van der Waals surface area contributed by atoms with Crippen molar-refractivity contribution in [3.05, 3.63) is 33.6 Å². The fraction of sp³-hybridized carbons (Fsp3) is 0. The second kappa shape index (κ2) is 4.12. The summed E-state index contributed by atoms with van der Waals surface area (Å²) in [6.07, 6.45) is 1.31. The van der Waals surface area contributed by atoms with Gasteiger partial charge in [-0.2, -0.15) is 0 Å². The zero-order chi connectivity index (χ0) is 10.8. The lowest BCUT2D eigenvalue weighted by Crippen LogP contribution is -2.06. The number of hydrogen-bond donors (Lipinski definition) is 2. The lowest BCUT2D eigenvalue weighted by atomic mass is 10.2. The highest BCUT2D eigenvalue weighted by Crippen LogP contribution is 2.21. The molecule has 0 unspecified atom stereocenters. The highest BCUT2D eigenvalue weighted by Gasteiger charge is 1.97. The summed E-state index contributed by atoms with van der Waals surface area (Å²) < 4.78 is 21.8. The van der Waals surface area contributed by atoms with E-state index in [1.54, 1.807) is 6.07 Å². The van der Waals surface area contributed by atoms with Crippen LogP contribution in [0.5, 0.6) is 5.75 Å². The first kappa shape index (κ1) is 11.2. The van der Waals surface area contributed by atoms with Gasteiger partial charge in [0.25, 0.3) is 0 Å². The molecular formula is C8H8BrNO3S. The number of halogens is 1. The number of benzene rings is 1. The summed E-state index contributed by atoms with van der Waals surface area (Å²) in [5.74, 6) is 0.0495. The molecule has 0 atom stereocenters. The van der Waals surface area contributed by atoms with Gasteiger partial charge in [0, 0.05) is 9.88 Å². The van der Waals surface area contributed by atoms with Crippen molar-refractivity contribution in [1.82, 2.24) is 0 Å². The van der Waals surface area contributed by atoms with Crippen LogP contribution in [0, 0.1) is 0 Å². The summed E-state index contributed by atoms with van der Waals surface area (Å²) in [7, 11) is -3.63. The smallest absolute Gasteiger partial charge is 0.231 e. The Kier molecular flexibility index (Phi) is 3.30. The van der Waals surface area contributed by atoms with E-state index in [1.165, 1.54) is 18.2 Å². The van der Waals surface area contributed by atoms with E-state index in [4.69, 9.17) is 5.14 Å². The Bertz CT molecular complexity index is 447. The monoisotopic (exact) mass is 277 g/mol. The maximum atomic E-state index is 10.6. The molecule has 4 nitrogen and oxygen atoms in total. The van der Waals surface area contributed by atoms with Gasteiger partial charge in [0.2, 0.25) is 10.0 Å². The Morgan fingerprint density at radius 3 is 2.50 bits per heavy atom. The fourth-order valence-electron chi connectivity index (χ4n) is 0.866. The van der Waals surface area contributed by atoms with E-state index < -0.39 is 10.0 Å². The van der Waals surface area contributed by atoms with Gasteiger partial charge in [-0.1, -0.05) is 15.9 Å². The van der Waals surface area contributed by atoms with Crippen LogP contribution < -0.4 is 5.14 Å². The zero-order valence-electron chi connectivity index (χ0n) is 7.01. The molecule has 0 amide bonds. The van der Waals surface area contributed by atoms with Crippen molar-refractivity contribution in [2.75, 3.05) is 0 Å². The number of rotatable bonds is 2. The van der Waals surface area contributed by atoms with Gasteiger partial charge >= 0.3 is 0 Å². The maximum Gasteiger partial charge on any atom is 0.231 e. The van der Waals surface area contributed by atoms with E-state index in [1.807, 2.05) is 0 Å². The summed E-state index contributed by atoms with van der Waals surface area (Å²) in [6, 6.07) is 4.57. The predicted molar refractivity (Wildman–Crippen MR) is 57.9 cm³/mol. The van der Waals surface area contributed by atoms with Gasteiger partial charge in [-0.3, -0.25) is 0 Å². The molecular weight excluding hydrogens is 270 g/mol. The predicted octanol–water partition coefficient (Wildman–Crippen LogP) is 1.41. The minimum absolute atomic E-state index is 0.0495. The number of hydrogen-bond acceptors (Lipinski definition) is 3. The number of nitrogens with two attached hydrogens (primary N) is 1. The topological polar surface area (TPSA) is 80.4 Å². The molecule has 0 radical (unpaired) electrons. The normalized spacial score (nSPS) is 12.1. The van der Waals surface area contributed by atoms with Crippen LogP contribution in [0.4, 0.5) is 0 Å². The van der Waals surface area contributed by atoms with Gasteiger partial charge in [0.15, 0.2) is 0 Å². The molecule has 3 N–H and O–H groups in total. The molecule has 0 aromatic heterocycles. The van der Waals surface area contributed by atoms with Gasteiger partial charge in [-0.25, -0.2) is 13.6 Å². The molecule has 1 rings (SSSR count). The molecule has 0 fully saturated rings. The molecule has 0 heterocycles. The first-order valence-electron chi connectivity index (χ1n) is 3.57. The molecule has 0 spiro atoms. The second-order valence-electron chi connectivity index (χ2n) is 2.63. The number of sulfonamides is 1. The van der Waals surface area contributed by atoms with Gasteiger partial charge in [-0.15, -0.1) is 0 Å². The summed E-state index contributed by atoms with van der Waals surface area (Å²) in [4.78, 5) is 0. The van der Waals surface area contributed by atoms with Crippen LogP contribution in [-0.4, -0.2) is 13.5 Å². The minimum atomic E-state index is -3.63. The van der Waals surface area contributed by atoms with Crippen LogP contribution in [0.2, 0.25) is 0 Å². The van der Waals surface area contributed by atoms with Crippen LogP contribution in [0.25, 0.3) is 6.08 Å². The van der Waals surface area contributed by atoms with Crippen LogP contribution in [0.15, 0.2) is 28.1 Å². The molecule has 76 valence electrons. The fourth-order valence-corrected chi connectivity index (χ4v) is 1.71. The van der Waals surface area contributed by atoms with Gasteiger partial charge in [0.1, 0.15) is 5.75 Å². The molecule has 0 aliphatic heterocycles. The van der Waals surface area contributed by atoms with Crippen molar-refractivity contribution in [3.8, 4) is 5.75 Å². The molecule has 1 aromatic rings. The number of phenolic OH excluding ortho intramolecular Hbond substituents is 1. The molecule has 0 saturated carbocycles. The lowest BCUT2D eigenvalue weighted by Gasteiger charge is -1.97. The molecule has 0 aliphatic rings. The first-order chi connectivity index (χ1) is 6.37. The third-order valence-electron chi connectivity index (χ3n) is 1.36. The molecule has 0 aliphatic carbocycles. The Morgan fingerprint density at radius 1 is 1.36 bits per heavy atom. The van der Waals surface area contributed by atoms with Crippen LogP contribution in [-0.2, 0) is 10.0 Å². The SMILES string of the molecule is NS(=O)(=O)C=Cc1cc(O)cc(Br)c1. The second-order valence-corrected chi connectivity index (χ2v) is 5.00. The highest BCUT2D eigenvalue weighted by atomic mass is 79.9. The first-order valence-corrected chi connectivity index (χ1v) is 5.97. The van der Waals surface area contributed by atoms with Crippen molar-refractivity contribution in [2.45, 2.75) is 0 Å². The molecule has 6 heteroatoms. The number of primary sulfonamides is 1. The summed E-state index contributed by atoms with van der Waals surface area (Å²) in [6.45, 7) is 0. The van der Waals surface area contributed by atoms with Crippen LogP contribution in [0.1, 0.15) is 5.56 Å². The van der Waals surface area contributed by atoms with Gasteiger partial charge in [-0.05, 0) is 29.8 Å². The van der Waals surface area contributed by atoms with Crippen molar-refractivity contribution in [3.63, 3.8) is 0 Å². The van der Waals surface area contributed by atoms with E-state index in [0.717, 1.165) is 5.41 Å². The number of phenols is 1. The van der Waals surface area contributed by atoms with Crippen LogP contribution in [0.3, 0.4) is 0 Å². The van der Waals surface area contributed by atoms with Crippen molar-refractivity contribution >= 4 is 32.0 Å². The average Bonchev–Trinajstić information content (AvgIpc) is 1.97. The highest BCUT2D eigenvalue weighted by molar-refractivity contribution is 9.10. The third kappa shape index (κ3) is 3.91. The number of aromatic hydroxyl groups is 1. The van der Waals surface area contributed by atoms with E-state index in [-0.39, 0.29) is 5.75 Å². The van der Waals surface area contributed by atoms with E-state index in [9.17, 15) is 13.5 Å². The third-order valence-corrected chi connectivity index (χ3v) is 2.33.